The van der Waals surface area contributed by atoms with E-state index in [1.165, 1.54) is 0 Å². The molecule has 1 aromatic heterocycles. The first-order chi connectivity index (χ1) is 15.3. The van der Waals surface area contributed by atoms with Crippen LogP contribution in [0.2, 0.25) is 0 Å². The molecule has 0 bridgehead atoms. The van der Waals surface area contributed by atoms with Gasteiger partial charge < -0.3 is 14.8 Å². The third-order valence-corrected chi connectivity index (χ3v) is 5.76. The van der Waals surface area contributed by atoms with Crippen LogP contribution in [0.15, 0.2) is 78.9 Å². The van der Waals surface area contributed by atoms with E-state index in [-0.39, 0.29) is 18.6 Å². The Balaban J connectivity index is 1.58. The third kappa shape index (κ3) is 2.95. The number of benzene rings is 3. The van der Waals surface area contributed by atoms with Gasteiger partial charge in [0, 0.05) is 23.5 Å². The van der Waals surface area contributed by atoms with Gasteiger partial charge in [0.25, 0.3) is 0 Å². The van der Waals surface area contributed by atoms with Crippen molar-refractivity contribution >= 4 is 11.7 Å². The van der Waals surface area contributed by atoms with E-state index in [2.05, 4.69) is 5.32 Å². The number of hydrogen-bond donors (Lipinski definition) is 1. The normalized spacial score (nSPS) is 16.6. The Labute approximate surface area is 179 Å². The quantitative estimate of drug-likeness (QED) is 0.531. The van der Waals surface area contributed by atoms with E-state index in [1.54, 1.807) is 0 Å². The Morgan fingerprint density at radius 3 is 2.45 bits per heavy atom. The molecule has 1 N–H and O–H groups in total. The molecule has 1 atom stereocenters. The lowest BCUT2D eigenvalue weighted by Crippen LogP contribution is -2.24. The molecular weight excluding hydrogens is 390 g/mol. The van der Waals surface area contributed by atoms with E-state index in [0.717, 1.165) is 33.8 Å². The van der Waals surface area contributed by atoms with Gasteiger partial charge in [-0.15, -0.1) is 0 Å². The molecule has 0 saturated carbocycles. The maximum atomic E-state index is 12.8. The first-order valence-corrected chi connectivity index (χ1v) is 10.2. The van der Waals surface area contributed by atoms with Crippen LogP contribution in [0, 0.1) is 0 Å². The van der Waals surface area contributed by atoms with Crippen LogP contribution in [-0.2, 0) is 4.79 Å². The lowest BCUT2D eigenvalue weighted by Gasteiger charge is -2.25. The smallest absolute Gasteiger partial charge is 0.231 e. The van der Waals surface area contributed by atoms with Crippen LogP contribution in [0.25, 0.3) is 16.9 Å². The summed E-state index contributed by atoms with van der Waals surface area (Å²) in [4.78, 5) is 12.8. The highest BCUT2D eigenvalue weighted by atomic mass is 16.7. The van der Waals surface area contributed by atoms with Crippen LogP contribution < -0.4 is 14.8 Å². The molecule has 6 heteroatoms. The van der Waals surface area contributed by atoms with Crippen molar-refractivity contribution in [1.29, 1.82) is 0 Å². The maximum Gasteiger partial charge on any atom is 0.231 e. The van der Waals surface area contributed by atoms with Crippen LogP contribution in [0.5, 0.6) is 11.5 Å². The summed E-state index contributed by atoms with van der Waals surface area (Å²) >= 11 is 0. The van der Waals surface area contributed by atoms with Crippen molar-refractivity contribution < 1.29 is 14.3 Å². The van der Waals surface area contributed by atoms with Crippen molar-refractivity contribution in [2.24, 2.45) is 0 Å². The zero-order valence-corrected chi connectivity index (χ0v) is 16.6. The van der Waals surface area contributed by atoms with Crippen molar-refractivity contribution in [1.82, 2.24) is 9.78 Å². The number of hydrogen-bond acceptors (Lipinski definition) is 4. The Bertz CT molecular complexity index is 1280. The summed E-state index contributed by atoms with van der Waals surface area (Å²) in [5, 5.41) is 8.04. The Hall–Kier alpha value is -4.06. The fraction of sp³-hybridized carbons (Fsp3) is 0.120. The summed E-state index contributed by atoms with van der Waals surface area (Å²) in [6, 6.07) is 25.8. The van der Waals surface area contributed by atoms with Gasteiger partial charge in [-0.05, 0) is 29.8 Å². The van der Waals surface area contributed by atoms with Crippen molar-refractivity contribution in [2.45, 2.75) is 12.3 Å². The molecular formula is C25H19N3O3. The van der Waals surface area contributed by atoms with Crippen molar-refractivity contribution in [2.75, 3.05) is 12.1 Å². The average Bonchev–Trinajstić information content (AvgIpc) is 3.44. The van der Waals surface area contributed by atoms with Crippen molar-refractivity contribution in [3.63, 3.8) is 0 Å². The molecule has 0 aliphatic carbocycles. The van der Waals surface area contributed by atoms with Crippen LogP contribution in [0.4, 0.5) is 5.82 Å². The fourth-order valence-electron chi connectivity index (χ4n) is 4.33. The third-order valence-electron chi connectivity index (χ3n) is 5.76. The fourth-order valence-corrected chi connectivity index (χ4v) is 4.33. The number of ether oxygens (including phenoxy) is 2. The summed E-state index contributed by atoms with van der Waals surface area (Å²) in [5.74, 6) is 1.97. The highest BCUT2D eigenvalue weighted by Crippen LogP contribution is 2.45. The molecule has 2 aliphatic heterocycles. The van der Waals surface area contributed by atoms with E-state index in [0.29, 0.717) is 18.0 Å². The summed E-state index contributed by atoms with van der Waals surface area (Å²) in [6.45, 7) is 0.219. The van der Waals surface area contributed by atoms with Gasteiger partial charge in [-0.25, -0.2) is 4.68 Å². The van der Waals surface area contributed by atoms with Gasteiger partial charge in [0.15, 0.2) is 11.5 Å². The first kappa shape index (κ1) is 17.8. The van der Waals surface area contributed by atoms with E-state index in [9.17, 15) is 4.79 Å². The van der Waals surface area contributed by atoms with E-state index < -0.39 is 0 Å². The highest BCUT2D eigenvalue weighted by Gasteiger charge is 2.35. The summed E-state index contributed by atoms with van der Waals surface area (Å²) < 4.78 is 12.9. The van der Waals surface area contributed by atoms with Gasteiger partial charge in [-0.2, -0.15) is 5.10 Å². The predicted molar refractivity (Wildman–Crippen MR) is 117 cm³/mol. The summed E-state index contributed by atoms with van der Waals surface area (Å²) in [5.41, 5.74) is 4.78. The summed E-state index contributed by atoms with van der Waals surface area (Å²) in [7, 11) is 0. The molecule has 1 amide bonds. The minimum absolute atomic E-state index is 0.0353. The first-order valence-electron chi connectivity index (χ1n) is 10.2. The number of anilines is 1. The number of para-hydroxylation sites is 1. The van der Waals surface area contributed by atoms with Crippen molar-refractivity contribution in [3.8, 4) is 28.4 Å². The number of rotatable bonds is 3. The second kappa shape index (κ2) is 7.02. The van der Waals surface area contributed by atoms with E-state index >= 15 is 0 Å². The Morgan fingerprint density at radius 1 is 0.903 bits per heavy atom. The van der Waals surface area contributed by atoms with Gasteiger partial charge in [0.2, 0.25) is 12.7 Å². The standard InChI is InChI=1S/C25H19N3O3/c29-22-14-19(17-11-12-20-21(13-17)31-15-30-20)23-24(16-7-3-1-4-8-16)27-28(25(23)26-22)18-9-5-2-6-10-18/h1-13,19H,14-15H2,(H,26,29)/t19-/m0/s1. The zero-order chi connectivity index (χ0) is 20.8. The highest BCUT2D eigenvalue weighted by molar-refractivity contribution is 5.96. The molecule has 2 aliphatic rings. The lowest BCUT2D eigenvalue weighted by molar-refractivity contribution is -0.116. The SMILES string of the molecule is O=C1C[C@@H](c2ccc3c(c2)OCO3)c2c(-c3ccccc3)nn(-c3ccccc3)c2N1. The zero-order valence-electron chi connectivity index (χ0n) is 16.6. The largest absolute Gasteiger partial charge is 0.454 e. The van der Waals surface area contributed by atoms with Crippen LogP contribution in [0.1, 0.15) is 23.5 Å². The molecule has 6 rings (SSSR count). The second-order valence-electron chi connectivity index (χ2n) is 7.64. The molecule has 152 valence electrons. The number of nitrogens with zero attached hydrogens (tertiary/aromatic N) is 2. The topological polar surface area (TPSA) is 65.4 Å². The average molecular weight is 409 g/mol. The van der Waals surface area contributed by atoms with E-state index in [1.807, 2.05) is 83.5 Å². The summed E-state index contributed by atoms with van der Waals surface area (Å²) in [6.07, 6.45) is 0.340. The molecule has 0 radical (unpaired) electrons. The lowest BCUT2D eigenvalue weighted by atomic mass is 9.84. The maximum absolute atomic E-state index is 12.8. The van der Waals surface area contributed by atoms with Gasteiger partial charge in [0.05, 0.1) is 11.4 Å². The molecule has 4 aromatic rings. The van der Waals surface area contributed by atoms with Crippen molar-refractivity contribution in [3.05, 3.63) is 90.0 Å². The molecule has 0 unspecified atom stereocenters. The number of fused-ring (bicyclic) bond motifs is 2. The van der Waals surface area contributed by atoms with E-state index in [4.69, 9.17) is 14.6 Å². The van der Waals surface area contributed by atoms with Crippen LogP contribution >= 0.6 is 0 Å². The molecule has 6 nitrogen and oxygen atoms in total. The second-order valence-corrected chi connectivity index (χ2v) is 7.64. The molecule has 0 spiro atoms. The van der Waals surface area contributed by atoms with Gasteiger partial charge in [-0.3, -0.25) is 4.79 Å². The predicted octanol–water partition coefficient (Wildman–Crippen LogP) is 4.74. The Kier molecular flexibility index (Phi) is 4.02. The minimum Gasteiger partial charge on any atom is -0.454 e. The molecule has 0 saturated heterocycles. The molecule has 31 heavy (non-hydrogen) atoms. The van der Waals surface area contributed by atoms with Gasteiger partial charge >= 0.3 is 0 Å². The number of aromatic nitrogens is 2. The number of carbonyl (C=O) groups excluding carboxylic acids is 1. The monoisotopic (exact) mass is 409 g/mol. The molecule has 3 aromatic carbocycles. The number of amides is 1. The van der Waals surface area contributed by atoms with Gasteiger partial charge in [0.1, 0.15) is 5.82 Å². The Morgan fingerprint density at radius 2 is 1.65 bits per heavy atom. The van der Waals surface area contributed by atoms with Crippen LogP contribution in [-0.4, -0.2) is 22.5 Å². The van der Waals surface area contributed by atoms with Crippen LogP contribution in [0.3, 0.4) is 0 Å². The van der Waals surface area contributed by atoms with Gasteiger partial charge in [-0.1, -0.05) is 54.6 Å². The minimum atomic E-state index is -0.147. The number of nitrogens with one attached hydrogen (secondary N) is 1. The molecule has 0 fully saturated rings. The molecule has 3 heterocycles. The number of carbonyl (C=O) groups is 1.